The van der Waals surface area contributed by atoms with Crippen LogP contribution in [-0.4, -0.2) is 17.8 Å². The van der Waals surface area contributed by atoms with Gasteiger partial charge < -0.3 is 19.0 Å². The Morgan fingerprint density at radius 1 is 1.22 bits per heavy atom. The van der Waals surface area contributed by atoms with Crippen molar-refractivity contribution in [2.45, 2.75) is 53.6 Å². The van der Waals surface area contributed by atoms with Gasteiger partial charge in [-0.3, -0.25) is 0 Å². The number of para-hydroxylation sites is 1. The molecule has 0 amide bonds. The molecule has 146 valence electrons. The van der Waals surface area contributed by atoms with E-state index in [0.717, 1.165) is 18.4 Å². The van der Waals surface area contributed by atoms with E-state index in [4.69, 9.17) is 13.9 Å². The van der Waals surface area contributed by atoms with E-state index < -0.39 is 5.63 Å². The van der Waals surface area contributed by atoms with Crippen LogP contribution in [0.4, 0.5) is 0 Å². The summed E-state index contributed by atoms with van der Waals surface area (Å²) in [5.41, 5.74) is 1.94. The minimum absolute atomic E-state index is 0.0848. The van der Waals surface area contributed by atoms with Crippen LogP contribution in [0, 0.1) is 0 Å². The topological polar surface area (TPSA) is 68.9 Å². The van der Waals surface area contributed by atoms with Crippen LogP contribution in [-0.2, 0) is 0 Å². The minimum Gasteiger partial charge on any atom is -0.504 e. The molecule has 1 N–H and O–H groups in total. The first kappa shape index (κ1) is 20.6. The summed E-state index contributed by atoms with van der Waals surface area (Å²) in [6.45, 7) is 10.1. The van der Waals surface area contributed by atoms with Gasteiger partial charge in [0.05, 0.1) is 11.5 Å². The van der Waals surface area contributed by atoms with E-state index in [2.05, 4.69) is 19.9 Å². The van der Waals surface area contributed by atoms with Crippen LogP contribution in [0.5, 0.6) is 17.2 Å². The molecular weight excluding hydrogens is 344 g/mol. The normalized spacial score (nSPS) is 11.7. The minimum atomic E-state index is -0.726. The molecule has 0 atom stereocenters. The van der Waals surface area contributed by atoms with E-state index in [-0.39, 0.29) is 29.8 Å². The van der Waals surface area contributed by atoms with Gasteiger partial charge in [0.1, 0.15) is 6.61 Å². The lowest BCUT2D eigenvalue weighted by atomic mass is 10.1. The van der Waals surface area contributed by atoms with E-state index >= 15 is 0 Å². The highest BCUT2D eigenvalue weighted by Crippen LogP contribution is 2.36. The summed E-state index contributed by atoms with van der Waals surface area (Å²) in [4.78, 5) is 12.3. The van der Waals surface area contributed by atoms with Crippen molar-refractivity contribution >= 4 is 11.0 Å². The molecule has 2 rings (SSSR count). The third kappa shape index (κ3) is 5.64. The summed E-state index contributed by atoms with van der Waals surface area (Å²) in [7, 11) is 0. The molecule has 0 aliphatic carbocycles. The average Bonchev–Trinajstić information content (AvgIpc) is 2.58. The van der Waals surface area contributed by atoms with Crippen molar-refractivity contribution in [2.75, 3.05) is 6.61 Å². The molecule has 5 nitrogen and oxygen atoms in total. The van der Waals surface area contributed by atoms with E-state index in [9.17, 15) is 9.90 Å². The fraction of sp³-hybridized carbons (Fsp3) is 0.409. The summed E-state index contributed by atoms with van der Waals surface area (Å²) in [6.07, 6.45) is 5.88. The number of rotatable bonds is 8. The summed E-state index contributed by atoms with van der Waals surface area (Å²) in [6, 6.07) is 5.09. The standard InChI is InChI=1S/C22H28O5/c1-14(2)8-6-9-16(5)12-13-25-21-19(23)17-10-7-11-18(26-15(3)4)20(17)27-22(21)24/h7-8,10-12,15,23H,6,9,13H2,1-5H3. The van der Waals surface area contributed by atoms with Crippen LogP contribution in [0.1, 0.15) is 47.5 Å². The van der Waals surface area contributed by atoms with Gasteiger partial charge in [-0.1, -0.05) is 23.3 Å². The Morgan fingerprint density at radius 3 is 2.63 bits per heavy atom. The van der Waals surface area contributed by atoms with E-state index in [1.54, 1.807) is 18.2 Å². The lowest BCUT2D eigenvalue weighted by molar-refractivity contribution is 0.240. The van der Waals surface area contributed by atoms with E-state index in [1.807, 2.05) is 26.8 Å². The van der Waals surface area contributed by atoms with Gasteiger partial charge in [-0.2, -0.15) is 0 Å². The Balaban J connectivity index is 2.20. The van der Waals surface area contributed by atoms with Crippen LogP contribution in [0.15, 0.2) is 50.7 Å². The smallest absolute Gasteiger partial charge is 0.383 e. The first-order valence-corrected chi connectivity index (χ1v) is 9.16. The molecule has 27 heavy (non-hydrogen) atoms. The predicted octanol–water partition coefficient (Wildman–Crippen LogP) is 5.36. The lowest BCUT2D eigenvalue weighted by Crippen LogP contribution is -2.10. The SMILES string of the molecule is CC(C)=CCCC(C)=CCOc1c(O)c2cccc(OC(C)C)c2oc1=O. The molecule has 1 aromatic heterocycles. The summed E-state index contributed by atoms with van der Waals surface area (Å²) < 4.78 is 16.5. The molecule has 0 spiro atoms. The highest BCUT2D eigenvalue weighted by Gasteiger charge is 2.18. The Kier molecular flexibility index (Phi) is 7.11. The predicted molar refractivity (Wildman–Crippen MR) is 108 cm³/mol. The molecule has 0 saturated carbocycles. The molecule has 0 unspecified atom stereocenters. The monoisotopic (exact) mass is 372 g/mol. The molecule has 0 radical (unpaired) electrons. The van der Waals surface area contributed by atoms with Crippen molar-refractivity contribution in [1.29, 1.82) is 0 Å². The lowest BCUT2D eigenvalue weighted by Gasteiger charge is -2.13. The quantitative estimate of drug-likeness (QED) is 0.499. The molecule has 0 aliphatic rings. The van der Waals surface area contributed by atoms with Crippen molar-refractivity contribution in [1.82, 2.24) is 0 Å². The zero-order chi connectivity index (χ0) is 20.0. The van der Waals surface area contributed by atoms with Gasteiger partial charge in [0.25, 0.3) is 0 Å². The number of benzene rings is 1. The fourth-order valence-electron chi connectivity index (χ4n) is 2.60. The van der Waals surface area contributed by atoms with Crippen molar-refractivity contribution in [3.05, 3.63) is 51.9 Å². The first-order valence-electron chi connectivity index (χ1n) is 9.16. The van der Waals surface area contributed by atoms with E-state index in [0.29, 0.717) is 11.1 Å². The third-order valence-corrected chi connectivity index (χ3v) is 3.94. The van der Waals surface area contributed by atoms with Crippen LogP contribution in [0.3, 0.4) is 0 Å². The number of aromatic hydroxyl groups is 1. The van der Waals surface area contributed by atoms with Crippen molar-refractivity contribution < 1.29 is 19.0 Å². The number of hydrogen-bond acceptors (Lipinski definition) is 5. The van der Waals surface area contributed by atoms with Crippen LogP contribution < -0.4 is 15.1 Å². The van der Waals surface area contributed by atoms with Crippen molar-refractivity contribution in [3.63, 3.8) is 0 Å². The molecule has 0 fully saturated rings. The Bertz CT molecular complexity index is 899. The van der Waals surface area contributed by atoms with E-state index in [1.165, 1.54) is 5.57 Å². The van der Waals surface area contributed by atoms with Gasteiger partial charge in [0.2, 0.25) is 5.75 Å². The summed E-state index contributed by atoms with van der Waals surface area (Å²) in [5, 5.41) is 10.9. The third-order valence-electron chi connectivity index (χ3n) is 3.94. The zero-order valence-corrected chi connectivity index (χ0v) is 16.7. The van der Waals surface area contributed by atoms with Crippen LogP contribution in [0.2, 0.25) is 0 Å². The van der Waals surface area contributed by atoms with Gasteiger partial charge >= 0.3 is 5.63 Å². The molecule has 5 heteroatoms. The highest BCUT2D eigenvalue weighted by atomic mass is 16.5. The first-order chi connectivity index (χ1) is 12.8. The zero-order valence-electron chi connectivity index (χ0n) is 16.7. The van der Waals surface area contributed by atoms with Crippen LogP contribution in [0.25, 0.3) is 11.0 Å². The van der Waals surface area contributed by atoms with Gasteiger partial charge in [-0.25, -0.2) is 4.79 Å². The maximum atomic E-state index is 12.3. The highest BCUT2D eigenvalue weighted by molar-refractivity contribution is 5.89. The second-order valence-electron chi connectivity index (χ2n) is 7.05. The summed E-state index contributed by atoms with van der Waals surface area (Å²) in [5.74, 6) is 0.0000540. The van der Waals surface area contributed by atoms with Gasteiger partial charge in [0.15, 0.2) is 17.1 Å². The van der Waals surface area contributed by atoms with Crippen molar-refractivity contribution in [3.8, 4) is 17.2 Å². The van der Waals surface area contributed by atoms with Crippen LogP contribution >= 0.6 is 0 Å². The molecule has 2 aromatic rings. The Hall–Kier alpha value is -2.69. The second kappa shape index (κ2) is 9.31. The molecule has 0 saturated heterocycles. The maximum absolute atomic E-state index is 12.3. The number of fused-ring (bicyclic) bond motifs is 1. The molecular formula is C22H28O5. The number of allylic oxidation sites excluding steroid dienone is 3. The largest absolute Gasteiger partial charge is 0.504 e. The van der Waals surface area contributed by atoms with Gasteiger partial charge in [-0.05, 0) is 65.7 Å². The number of ether oxygens (including phenoxy) is 2. The Morgan fingerprint density at radius 2 is 1.96 bits per heavy atom. The average molecular weight is 372 g/mol. The molecule has 1 aromatic carbocycles. The molecule has 0 bridgehead atoms. The van der Waals surface area contributed by atoms with Gasteiger partial charge in [0, 0.05) is 0 Å². The fourth-order valence-corrected chi connectivity index (χ4v) is 2.60. The number of hydrogen-bond donors (Lipinski definition) is 1. The Labute approximate surface area is 159 Å². The van der Waals surface area contributed by atoms with Crippen molar-refractivity contribution in [2.24, 2.45) is 0 Å². The second-order valence-corrected chi connectivity index (χ2v) is 7.05. The maximum Gasteiger partial charge on any atom is 0.383 e. The summed E-state index contributed by atoms with van der Waals surface area (Å²) >= 11 is 0. The molecule has 1 heterocycles. The molecule has 0 aliphatic heterocycles. The van der Waals surface area contributed by atoms with Gasteiger partial charge in [-0.15, -0.1) is 0 Å².